The number of nitrogens with zero attached hydrogens (tertiary/aromatic N) is 6. The molecule has 0 unspecified atom stereocenters. The quantitative estimate of drug-likeness (QED) is 0.0690. The Bertz CT molecular complexity index is 2510. The molecule has 5 saturated heterocycles. The number of piperidine rings is 5. The van der Waals surface area contributed by atoms with Crippen molar-refractivity contribution in [3.63, 3.8) is 0 Å². The number of rotatable bonds is 15. The van der Waals surface area contributed by atoms with E-state index in [1.807, 2.05) is 32.0 Å². The van der Waals surface area contributed by atoms with Crippen LogP contribution in [0.15, 0.2) is 60.7 Å². The normalized spacial score (nSPS) is 28.4. The molecule has 24 nitrogen and oxygen atoms in total. The predicted octanol–water partition coefficient (Wildman–Crippen LogP) is 2.15. The maximum absolute atomic E-state index is 12.8. The summed E-state index contributed by atoms with van der Waals surface area (Å²) in [6.45, 7) is 3.44. The van der Waals surface area contributed by atoms with Crippen molar-refractivity contribution in [2.75, 3.05) is 103 Å². The molecule has 5 heterocycles. The molecule has 15 atom stereocenters. The number of hydrogen-bond donors (Lipinski definition) is 14. The molecule has 0 aliphatic carbocycles. The molecule has 14 N–H and O–H groups in total. The van der Waals surface area contributed by atoms with Gasteiger partial charge in [-0.1, -0.05) is 63.1 Å². The summed E-state index contributed by atoms with van der Waals surface area (Å²) in [6, 6.07) is 16.6. The molecule has 4 amide bonds. The van der Waals surface area contributed by atoms with Gasteiger partial charge in [-0.05, 0) is 61.5 Å². The zero-order valence-electron chi connectivity index (χ0n) is 51.4. The number of anilines is 2. The van der Waals surface area contributed by atoms with Crippen LogP contribution in [0.5, 0.6) is 0 Å². The van der Waals surface area contributed by atoms with Crippen LogP contribution in [0.2, 0.25) is 0 Å². The van der Waals surface area contributed by atoms with Crippen molar-refractivity contribution >= 4 is 68.3 Å². The number of halogens is 10. The molecule has 5 fully saturated rings. The number of β-amino-alcohol motifs (C(OH)–C–C–N with tert-alkyl or cyclic N) is 5. The maximum Gasteiger partial charge on any atom is 0.321 e. The molecule has 2 aromatic rings. The van der Waals surface area contributed by atoms with Gasteiger partial charge in [-0.25, -0.2) is 53.5 Å². The highest BCUT2D eigenvalue weighted by molar-refractivity contribution is 7.86. The molecule has 7 rings (SSSR count). The Hall–Kier alpha value is -4.87. The van der Waals surface area contributed by atoms with Crippen LogP contribution < -0.4 is 21.3 Å². The van der Waals surface area contributed by atoms with Crippen LogP contribution in [-0.4, -0.2) is 296 Å². The number of alkyl halides is 10. The zero-order valence-corrected chi connectivity index (χ0v) is 53.9. The van der Waals surface area contributed by atoms with Crippen molar-refractivity contribution in [3.05, 3.63) is 60.7 Å². The van der Waals surface area contributed by atoms with Gasteiger partial charge in [-0.15, -0.1) is 0 Å². The fraction of sp³-hybridized carbons (Fsp3) is 0.714. The van der Waals surface area contributed by atoms with Crippen LogP contribution in [0.25, 0.3) is 0 Å². The molecule has 0 aromatic heterocycles. The molecule has 5 aliphatic heterocycles. The number of unbranched alkanes of at least 4 members (excludes halogenated alkanes) is 2. The summed E-state index contributed by atoms with van der Waals surface area (Å²) in [4.78, 5) is 28.8. The Morgan fingerprint density at radius 2 is 0.753 bits per heavy atom. The van der Waals surface area contributed by atoms with E-state index in [0.717, 1.165) is 49.8 Å². The number of aliphatic hydroxyl groups is 10. The van der Waals surface area contributed by atoms with E-state index < -0.39 is 152 Å². The summed E-state index contributed by atoms with van der Waals surface area (Å²) in [5, 5.41) is 107. The SMILES string of the molecule is CCCCNC(=O)N1C[C@@H](O)[C@H](O)[C@@H](C(F)F)C1.CCCCNC(=S)N1C[C@@H](O)[C@H](O)[C@@H](C(F)F)C1.CN(C)S(=O)(=O)N1C[C@@H](O)[C@H](O)[C@@H](C(F)F)C1.O=C(Nc1ccccc1)N1C[C@@H](O)[C@H](O)[C@@H](C(F)F)C1.O[C@H]1[C@H](O)CN(C(=S)Nc2ccccc2)C[C@@H]1C(F)F. The first-order chi connectivity index (χ1) is 43.6. The molecule has 37 heteroatoms. The van der Waals surface area contributed by atoms with Crippen LogP contribution in [0.4, 0.5) is 64.9 Å². The Balaban J connectivity index is 0.000000304. The Kier molecular flexibility index (Phi) is 35.4. The first-order valence-corrected chi connectivity index (χ1v) is 32.0. The summed E-state index contributed by atoms with van der Waals surface area (Å²) in [6.07, 6.45) is -24.2. The smallest absolute Gasteiger partial charge is 0.321 e. The summed E-state index contributed by atoms with van der Waals surface area (Å²) >= 11 is 10.3. The van der Waals surface area contributed by atoms with Gasteiger partial charge in [-0.2, -0.15) is 17.0 Å². The summed E-state index contributed by atoms with van der Waals surface area (Å²) < 4.78 is 152. The average Bonchev–Trinajstić information content (AvgIpc) is 1.09. The number of para-hydroxylation sites is 2. The number of thiocarbonyl (C=S) groups is 2. The van der Waals surface area contributed by atoms with Crippen molar-refractivity contribution < 1.29 is 113 Å². The highest BCUT2D eigenvalue weighted by Gasteiger charge is 2.46. The molecule has 0 spiro atoms. The molecule has 0 saturated carbocycles. The highest BCUT2D eigenvalue weighted by atomic mass is 32.2. The van der Waals surface area contributed by atoms with Crippen molar-refractivity contribution in [2.45, 2.75) is 133 Å². The number of amides is 4. The lowest BCUT2D eigenvalue weighted by atomic mass is 9.93. The van der Waals surface area contributed by atoms with Crippen LogP contribution in [0.1, 0.15) is 39.5 Å². The molecule has 0 radical (unpaired) electrons. The Morgan fingerprint density at radius 1 is 0.452 bits per heavy atom. The van der Waals surface area contributed by atoms with Gasteiger partial charge in [0.2, 0.25) is 32.1 Å². The summed E-state index contributed by atoms with van der Waals surface area (Å²) in [7, 11) is -1.32. The van der Waals surface area contributed by atoms with E-state index in [1.165, 1.54) is 23.9 Å². The lowest BCUT2D eigenvalue weighted by Crippen LogP contribution is -2.58. The number of carbonyl (C=O) groups is 2. The predicted molar refractivity (Wildman–Crippen MR) is 330 cm³/mol. The van der Waals surface area contributed by atoms with Crippen LogP contribution >= 0.6 is 24.4 Å². The second kappa shape index (κ2) is 40.0. The topological polar surface area (TPSA) is 338 Å². The molecular weight excluding hydrogens is 1320 g/mol. The lowest BCUT2D eigenvalue weighted by molar-refractivity contribution is -0.107. The van der Waals surface area contributed by atoms with Crippen molar-refractivity contribution in [1.82, 2.24) is 38.8 Å². The average molecular weight is 1410 g/mol. The first-order valence-electron chi connectivity index (χ1n) is 29.8. The van der Waals surface area contributed by atoms with E-state index in [1.54, 1.807) is 42.5 Å². The van der Waals surface area contributed by atoms with E-state index in [4.69, 9.17) is 24.4 Å². The fourth-order valence-electron chi connectivity index (χ4n) is 9.89. The second-order valence-electron chi connectivity index (χ2n) is 22.8. The van der Waals surface area contributed by atoms with Crippen molar-refractivity contribution in [3.8, 4) is 0 Å². The van der Waals surface area contributed by atoms with Gasteiger partial charge in [0.15, 0.2) is 10.2 Å². The first kappa shape index (κ1) is 82.4. The number of urea groups is 2. The van der Waals surface area contributed by atoms with E-state index in [-0.39, 0.29) is 64.0 Å². The van der Waals surface area contributed by atoms with E-state index in [9.17, 15) is 113 Å². The third-order valence-corrected chi connectivity index (χ3v) is 18.2. The van der Waals surface area contributed by atoms with Gasteiger partial charge in [0.05, 0.1) is 104 Å². The van der Waals surface area contributed by atoms with Gasteiger partial charge < -0.3 is 91.9 Å². The monoisotopic (exact) mass is 1410 g/mol. The van der Waals surface area contributed by atoms with Gasteiger partial charge in [0, 0.05) is 90.9 Å². The fourth-order valence-corrected chi connectivity index (χ4v) is 11.6. The second-order valence-corrected chi connectivity index (χ2v) is 25.7. The van der Waals surface area contributed by atoms with Crippen LogP contribution in [0, 0.1) is 29.6 Å². The van der Waals surface area contributed by atoms with E-state index in [2.05, 4.69) is 21.3 Å². The van der Waals surface area contributed by atoms with Gasteiger partial charge in [0.25, 0.3) is 10.2 Å². The maximum atomic E-state index is 12.8. The minimum atomic E-state index is -3.86. The molecule has 5 aliphatic rings. The molecular formula is C56H88F10N10O14S3. The van der Waals surface area contributed by atoms with Gasteiger partial charge in [-0.3, -0.25) is 0 Å². The molecule has 0 bridgehead atoms. The minimum absolute atomic E-state index is 0.0308. The number of aliphatic hydroxyl groups excluding tert-OH is 10. The minimum Gasteiger partial charge on any atom is -0.390 e. The number of benzene rings is 2. The molecule has 2 aromatic carbocycles. The van der Waals surface area contributed by atoms with Crippen LogP contribution in [-0.2, 0) is 10.2 Å². The Morgan fingerprint density at radius 3 is 1.11 bits per heavy atom. The highest BCUT2D eigenvalue weighted by Crippen LogP contribution is 2.30. The van der Waals surface area contributed by atoms with E-state index in [0.29, 0.717) is 23.9 Å². The third-order valence-electron chi connectivity index (χ3n) is 15.5. The van der Waals surface area contributed by atoms with Gasteiger partial charge >= 0.3 is 12.1 Å². The number of carbonyl (C=O) groups excluding carboxylic acids is 2. The Labute approximate surface area is 544 Å². The van der Waals surface area contributed by atoms with Crippen molar-refractivity contribution in [1.29, 1.82) is 0 Å². The summed E-state index contributed by atoms with van der Waals surface area (Å²) in [5.74, 6) is -6.99. The third kappa shape index (κ3) is 25.6. The lowest BCUT2D eigenvalue weighted by Gasteiger charge is -2.40. The molecule has 534 valence electrons. The number of nitrogens with one attached hydrogen (secondary N) is 4. The van der Waals surface area contributed by atoms with Crippen LogP contribution in [0.3, 0.4) is 0 Å². The summed E-state index contributed by atoms with van der Waals surface area (Å²) in [5.41, 5.74) is 1.28. The van der Waals surface area contributed by atoms with Gasteiger partial charge in [0.1, 0.15) is 0 Å². The zero-order chi connectivity index (χ0) is 70.2. The number of hydrogen-bond acceptors (Lipinski definition) is 16. The van der Waals surface area contributed by atoms with E-state index >= 15 is 0 Å². The standard InChI is InChI=1S/C13H16F2N2O3.C13H16F2N2O2S.C11H20F2N2O3.C11H20F2N2O2S.C8H16F2N2O4S/c2*14-12(15)9-6-17(7-10(18)11(9)19)13(20)16-8-4-2-1-3-5-8;2*1-2-3-4-14-11(18)15-5-7(10(12)13)9(17)8(16)6-15;1-11(2)17(15,16)12-3-5(8(9)10)7(14)6(13)4-12/h2*1-5,9-12,18-19H,6-7H2,(H,16,20);2*7-10,16-17H,2-6H2,1H3,(H,14,18);5-8,13-14H,3-4H2,1-2H3/t2*9-,10+,11+;2*7-,8+,9+;5-,6+,7+/m00000/s1. The molecule has 93 heavy (non-hydrogen) atoms. The number of likely N-dealkylation sites (tertiary alicyclic amines) is 4. The largest absolute Gasteiger partial charge is 0.390 e. The van der Waals surface area contributed by atoms with Crippen molar-refractivity contribution in [2.24, 2.45) is 29.6 Å².